The number of anilines is 1. The summed E-state index contributed by atoms with van der Waals surface area (Å²) in [5.74, 6) is 0.260. The number of carbonyl (C=O) groups excluding carboxylic acids is 1. The van der Waals surface area contributed by atoms with Gasteiger partial charge in [0.25, 0.3) is 5.91 Å². The van der Waals surface area contributed by atoms with E-state index in [2.05, 4.69) is 10.3 Å². The van der Waals surface area contributed by atoms with Crippen LogP contribution in [0.4, 0.5) is 10.2 Å². The van der Waals surface area contributed by atoms with Gasteiger partial charge in [-0.15, -0.1) is 0 Å². The largest absolute Gasteiger partial charge is 0.484 e. The van der Waals surface area contributed by atoms with Crippen molar-refractivity contribution in [2.24, 2.45) is 0 Å². The number of ether oxygens (including phenoxy) is 1. The Morgan fingerprint density at radius 1 is 1.03 bits per heavy atom. The number of imidazole rings is 1. The molecule has 0 saturated heterocycles. The first kappa shape index (κ1) is 20.8. The number of rotatable bonds is 7. The van der Waals surface area contributed by atoms with Gasteiger partial charge in [0.2, 0.25) is 0 Å². The monoisotopic (exact) mass is 426 g/mol. The second kappa shape index (κ2) is 9.58. The first-order valence-corrected chi connectivity index (χ1v) is 9.90. The minimum absolute atomic E-state index is 0.217. The van der Waals surface area contributed by atoms with Gasteiger partial charge in [-0.1, -0.05) is 30.3 Å². The first-order valence-electron chi connectivity index (χ1n) is 9.90. The van der Waals surface area contributed by atoms with E-state index in [-0.39, 0.29) is 18.3 Å². The van der Waals surface area contributed by atoms with Crippen molar-refractivity contribution in [1.29, 1.82) is 5.26 Å². The molecule has 0 fully saturated rings. The van der Waals surface area contributed by atoms with E-state index in [1.54, 1.807) is 42.7 Å². The van der Waals surface area contributed by atoms with Gasteiger partial charge < -0.3 is 14.6 Å². The molecule has 158 valence electrons. The van der Waals surface area contributed by atoms with Crippen molar-refractivity contribution in [3.63, 3.8) is 0 Å². The SMILES string of the molecule is N#Cc1ccc(OCC(=O)Nc2c(-c3ccc(F)cc3)ncn2Cc2ccccc2)cc1. The van der Waals surface area contributed by atoms with Crippen LogP contribution in [-0.4, -0.2) is 22.1 Å². The van der Waals surface area contributed by atoms with Crippen LogP contribution < -0.4 is 10.1 Å². The summed E-state index contributed by atoms with van der Waals surface area (Å²) in [5.41, 5.74) is 2.77. The summed E-state index contributed by atoms with van der Waals surface area (Å²) in [4.78, 5) is 17.1. The second-order valence-electron chi connectivity index (χ2n) is 7.04. The molecular formula is C25H19FN4O2. The number of nitriles is 1. The fourth-order valence-corrected chi connectivity index (χ4v) is 3.18. The number of nitrogens with one attached hydrogen (secondary N) is 1. The first-order chi connectivity index (χ1) is 15.6. The third kappa shape index (κ3) is 4.99. The number of nitrogens with zero attached hydrogens (tertiary/aromatic N) is 3. The summed E-state index contributed by atoms with van der Waals surface area (Å²) >= 11 is 0. The number of carbonyl (C=O) groups is 1. The molecule has 1 aromatic heterocycles. The predicted molar refractivity (Wildman–Crippen MR) is 118 cm³/mol. The van der Waals surface area contributed by atoms with E-state index in [9.17, 15) is 9.18 Å². The molecule has 0 atom stereocenters. The van der Waals surface area contributed by atoms with Crippen molar-refractivity contribution < 1.29 is 13.9 Å². The molecule has 0 bridgehead atoms. The molecule has 0 saturated carbocycles. The zero-order chi connectivity index (χ0) is 22.3. The zero-order valence-electron chi connectivity index (χ0n) is 17.0. The number of amides is 1. The smallest absolute Gasteiger partial charge is 0.263 e. The molecule has 1 heterocycles. The Balaban J connectivity index is 1.55. The third-order valence-corrected chi connectivity index (χ3v) is 4.76. The maximum Gasteiger partial charge on any atom is 0.263 e. The van der Waals surface area contributed by atoms with Crippen LogP contribution in [0.5, 0.6) is 5.75 Å². The lowest BCUT2D eigenvalue weighted by molar-refractivity contribution is -0.118. The van der Waals surface area contributed by atoms with Gasteiger partial charge in [-0.25, -0.2) is 9.37 Å². The topological polar surface area (TPSA) is 79.9 Å². The van der Waals surface area contributed by atoms with Crippen LogP contribution in [0.2, 0.25) is 0 Å². The van der Waals surface area contributed by atoms with Crippen molar-refractivity contribution in [3.8, 4) is 23.1 Å². The second-order valence-corrected chi connectivity index (χ2v) is 7.04. The van der Waals surface area contributed by atoms with Crippen molar-refractivity contribution in [2.75, 3.05) is 11.9 Å². The van der Waals surface area contributed by atoms with Crippen LogP contribution in [0.3, 0.4) is 0 Å². The van der Waals surface area contributed by atoms with Gasteiger partial charge in [-0.05, 0) is 54.1 Å². The van der Waals surface area contributed by atoms with E-state index in [0.29, 0.717) is 34.9 Å². The molecule has 4 rings (SSSR count). The molecule has 0 aliphatic heterocycles. The average Bonchev–Trinajstić information content (AvgIpc) is 3.21. The van der Waals surface area contributed by atoms with Gasteiger partial charge in [0, 0.05) is 5.56 Å². The number of aromatic nitrogens is 2. The summed E-state index contributed by atoms with van der Waals surface area (Å²) in [6.45, 7) is 0.284. The van der Waals surface area contributed by atoms with Crippen LogP contribution in [-0.2, 0) is 11.3 Å². The van der Waals surface area contributed by atoms with Gasteiger partial charge >= 0.3 is 0 Å². The Morgan fingerprint density at radius 3 is 2.44 bits per heavy atom. The van der Waals surface area contributed by atoms with E-state index in [1.807, 2.05) is 41.0 Å². The van der Waals surface area contributed by atoms with Gasteiger partial charge in [0.05, 0.1) is 24.5 Å². The quantitative estimate of drug-likeness (QED) is 0.467. The molecule has 4 aromatic rings. The minimum atomic E-state index is -0.368. The molecule has 6 nitrogen and oxygen atoms in total. The minimum Gasteiger partial charge on any atom is -0.484 e. The molecule has 1 N–H and O–H groups in total. The highest BCUT2D eigenvalue weighted by molar-refractivity contribution is 5.94. The van der Waals surface area contributed by atoms with Crippen LogP contribution in [0.1, 0.15) is 11.1 Å². The Hall–Kier alpha value is -4.44. The van der Waals surface area contributed by atoms with Crippen molar-refractivity contribution in [3.05, 3.63) is 102 Å². The molecular weight excluding hydrogens is 407 g/mol. The standard InChI is InChI=1S/C25H19FN4O2/c26-21-10-8-20(9-11-21)24-25(30(17-28-24)15-19-4-2-1-3-5-19)29-23(31)16-32-22-12-6-18(14-27)7-13-22/h1-13,17H,15-16H2,(H,29,31). The highest BCUT2D eigenvalue weighted by Crippen LogP contribution is 2.28. The lowest BCUT2D eigenvalue weighted by atomic mass is 10.1. The fraction of sp³-hybridized carbons (Fsp3) is 0.0800. The van der Waals surface area contributed by atoms with Crippen LogP contribution in [0.15, 0.2) is 85.2 Å². The van der Waals surface area contributed by atoms with Crippen LogP contribution in [0, 0.1) is 17.1 Å². The summed E-state index contributed by atoms with van der Waals surface area (Å²) < 4.78 is 20.7. The Labute approximate surface area is 184 Å². The van der Waals surface area contributed by atoms with Crippen LogP contribution >= 0.6 is 0 Å². The number of halogens is 1. The maximum absolute atomic E-state index is 13.4. The van der Waals surface area contributed by atoms with Gasteiger partial charge in [0.15, 0.2) is 6.61 Å². The van der Waals surface area contributed by atoms with E-state index < -0.39 is 0 Å². The normalized spacial score (nSPS) is 10.4. The zero-order valence-corrected chi connectivity index (χ0v) is 17.0. The van der Waals surface area contributed by atoms with Gasteiger partial charge in [0.1, 0.15) is 23.1 Å². The van der Waals surface area contributed by atoms with E-state index in [1.165, 1.54) is 12.1 Å². The van der Waals surface area contributed by atoms with Gasteiger partial charge in [-0.3, -0.25) is 4.79 Å². The number of benzene rings is 3. The summed E-state index contributed by atoms with van der Waals surface area (Å²) in [5, 5.41) is 11.7. The Morgan fingerprint density at radius 2 is 1.75 bits per heavy atom. The molecule has 1 amide bonds. The van der Waals surface area contributed by atoms with Crippen LogP contribution in [0.25, 0.3) is 11.3 Å². The summed E-state index contributed by atoms with van der Waals surface area (Å²) in [6, 6.07) is 24.3. The number of hydrogen-bond acceptors (Lipinski definition) is 4. The highest BCUT2D eigenvalue weighted by atomic mass is 19.1. The van der Waals surface area contributed by atoms with E-state index in [4.69, 9.17) is 10.00 Å². The molecule has 0 unspecified atom stereocenters. The van der Waals surface area contributed by atoms with Gasteiger partial charge in [-0.2, -0.15) is 5.26 Å². The van der Waals surface area contributed by atoms with Crippen molar-refractivity contribution in [1.82, 2.24) is 9.55 Å². The molecule has 32 heavy (non-hydrogen) atoms. The number of hydrogen-bond donors (Lipinski definition) is 1. The lowest BCUT2D eigenvalue weighted by Gasteiger charge is -2.13. The predicted octanol–water partition coefficient (Wildman–Crippen LogP) is 4.63. The molecule has 0 radical (unpaired) electrons. The average molecular weight is 426 g/mol. The molecule has 3 aromatic carbocycles. The van der Waals surface area contributed by atoms with Crippen molar-refractivity contribution in [2.45, 2.75) is 6.54 Å². The lowest BCUT2D eigenvalue weighted by Crippen LogP contribution is -2.22. The fourth-order valence-electron chi connectivity index (χ4n) is 3.18. The molecule has 0 aliphatic carbocycles. The van der Waals surface area contributed by atoms with E-state index >= 15 is 0 Å². The summed E-state index contributed by atoms with van der Waals surface area (Å²) in [7, 11) is 0. The molecule has 0 spiro atoms. The maximum atomic E-state index is 13.4. The molecule has 7 heteroatoms. The Bertz CT molecular complexity index is 1240. The van der Waals surface area contributed by atoms with E-state index in [0.717, 1.165) is 5.56 Å². The molecule has 0 aliphatic rings. The third-order valence-electron chi connectivity index (χ3n) is 4.76. The summed E-state index contributed by atoms with van der Waals surface area (Å²) in [6.07, 6.45) is 1.64. The van der Waals surface area contributed by atoms with Crippen molar-refractivity contribution >= 4 is 11.7 Å². The highest BCUT2D eigenvalue weighted by Gasteiger charge is 2.16. The Kier molecular flexibility index (Phi) is 6.23.